The van der Waals surface area contributed by atoms with E-state index in [0.717, 1.165) is 23.1 Å². The number of β-amino-alcohol motifs (C(OH)–C–C–N with tert-alkyl or cyclic N) is 1. The van der Waals surface area contributed by atoms with E-state index in [0.29, 0.717) is 5.56 Å². The summed E-state index contributed by atoms with van der Waals surface area (Å²) >= 11 is 0. The van der Waals surface area contributed by atoms with Crippen LogP contribution in [0, 0.1) is 11.6 Å². The van der Waals surface area contributed by atoms with E-state index in [1.807, 2.05) is 0 Å². The third kappa shape index (κ3) is 2.98. The molecule has 5 nitrogen and oxygen atoms in total. The molecule has 1 aliphatic heterocycles. The minimum absolute atomic E-state index is 0.311. The predicted octanol–water partition coefficient (Wildman–Crippen LogP) is 2.47. The lowest BCUT2D eigenvalue weighted by Crippen LogP contribution is -2.41. The number of nitrogens with one attached hydrogen (secondary N) is 1. The summed E-state index contributed by atoms with van der Waals surface area (Å²) in [7, 11) is 0. The van der Waals surface area contributed by atoms with Crippen LogP contribution in [0.1, 0.15) is 24.2 Å². The van der Waals surface area contributed by atoms with Crippen LogP contribution in [0.2, 0.25) is 0 Å². The number of aliphatic hydroxyl groups is 1. The Kier molecular flexibility index (Phi) is 4.26. The maximum atomic E-state index is 13.8. The Balaban J connectivity index is 1.85. The van der Waals surface area contributed by atoms with Crippen molar-refractivity contribution in [3.05, 3.63) is 71.3 Å². The van der Waals surface area contributed by atoms with E-state index in [2.05, 4.69) is 5.32 Å². The van der Waals surface area contributed by atoms with Crippen LogP contribution in [0.15, 0.2) is 48.5 Å². The number of rotatable bonds is 4. The van der Waals surface area contributed by atoms with Gasteiger partial charge in [0.2, 0.25) is 0 Å². The molecule has 2 atom stereocenters. The number of aliphatic hydroxyl groups excluding tert-OH is 1. The van der Waals surface area contributed by atoms with E-state index >= 15 is 0 Å². The number of amides is 3. The van der Waals surface area contributed by atoms with Crippen molar-refractivity contribution in [3.63, 3.8) is 0 Å². The molecule has 0 spiro atoms. The fraction of sp³-hybridized carbons (Fsp3) is 0.222. The molecule has 0 radical (unpaired) electrons. The van der Waals surface area contributed by atoms with E-state index in [1.165, 1.54) is 0 Å². The highest BCUT2D eigenvalue weighted by atomic mass is 19.1. The Morgan fingerprint density at radius 3 is 2.52 bits per heavy atom. The van der Waals surface area contributed by atoms with Crippen molar-refractivity contribution in [1.82, 2.24) is 10.2 Å². The number of benzene rings is 2. The predicted molar refractivity (Wildman–Crippen MR) is 85.4 cm³/mol. The number of imide groups is 1. The van der Waals surface area contributed by atoms with Crippen molar-refractivity contribution in [2.75, 3.05) is 6.54 Å². The Bertz CT molecular complexity index is 828. The molecule has 25 heavy (non-hydrogen) atoms. The number of carbonyl (C=O) groups is 2. The van der Waals surface area contributed by atoms with Gasteiger partial charge in [0, 0.05) is 5.56 Å². The van der Waals surface area contributed by atoms with Gasteiger partial charge in [-0.15, -0.1) is 0 Å². The zero-order valence-corrected chi connectivity index (χ0v) is 13.4. The van der Waals surface area contributed by atoms with Gasteiger partial charge >= 0.3 is 6.03 Å². The Hall–Kier alpha value is -2.80. The largest absolute Gasteiger partial charge is 0.386 e. The monoisotopic (exact) mass is 346 g/mol. The van der Waals surface area contributed by atoms with Crippen molar-refractivity contribution in [2.45, 2.75) is 18.6 Å². The summed E-state index contributed by atoms with van der Waals surface area (Å²) in [6.07, 6.45) is -1.54. The molecule has 3 rings (SSSR count). The number of hydrogen-bond donors (Lipinski definition) is 2. The quantitative estimate of drug-likeness (QED) is 0.836. The van der Waals surface area contributed by atoms with Gasteiger partial charge < -0.3 is 10.4 Å². The molecule has 2 aromatic carbocycles. The van der Waals surface area contributed by atoms with Gasteiger partial charge in [-0.05, 0) is 30.7 Å². The van der Waals surface area contributed by atoms with Crippen molar-refractivity contribution >= 4 is 11.9 Å². The molecule has 1 aliphatic rings. The molecule has 130 valence electrons. The van der Waals surface area contributed by atoms with Gasteiger partial charge in [0.05, 0.1) is 6.54 Å². The van der Waals surface area contributed by atoms with Crippen LogP contribution in [-0.2, 0) is 10.3 Å². The molecule has 3 amide bonds. The summed E-state index contributed by atoms with van der Waals surface area (Å²) in [4.78, 5) is 25.7. The maximum absolute atomic E-state index is 13.8. The summed E-state index contributed by atoms with van der Waals surface area (Å²) in [5, 5.41) is 12.8. The molecule has 1 saturated heterocycles. The lowest BCUT2D eigenvalue weighted by atomic mass is 9.92. The smallest absolute Gasteiger partial charge is 0.325 e. The highest BCUT2D eigenvalue weighted by Gasteiger charge is 2.49. The van der Waals surface area contributed by atoms with Crippen LogP contribution < -0.4 is 5.32 Å². The van der Waals surface area contributed by atoms with Crippen LogP contribution in [0.25, 0.3) is 0 Å². The zero-order chi connectivity index (χ0) is 18.2. The van der Waals surface area contributed by atoms with Crippen LogP contribution in [0.4, 0.5) is 13.6 Å². The SMILES string of the molecule is C[C@@]1(c2ccccc2)NC(=O)N(C[C@@H](O)c2cc(F)ccc2F)C1=O. The molecule has 1 fully saturated rings. The lowest BCUT2D eigenvalue weighted by Gasteiger charge is -2.23. The highest BCUT2D eigenvalue weighted by Crippen LogP contribution is 2.30. The van der Waals surface area contributed by atoms with Crippen LogP contribution >= 0.6 is 0 Å². The minimum Gasteiger partial charge on any atom is -0.386 e. The molecule has 0 aliphatic carbocycles. The second-order valence-electron chi connectivity index (χ2n) is 6.02. The third-order valence-corrected chi connectivity index (χ3v) is 4.30. The lowest BCUT2D eigenvalue weighted by molar-refractivity contribution is -0.132. The first-order valence-corrected chi connectivity index (χ1v) is 7.65. The van der Waals surface area contributed by atoms with E-state index in [1.54, 1.807) is 37.3 Å². The molecular formula is C18H16F2N2O3. The van der Waals surface area contributed by atoms with Gasteiger partial charge in [-0.25, -0.2) is 13.6 Å². The van der Waals surface area contributed by atoms with E-state index in [4.69, 9.17) is 0 Å². The Morgan fingerprint density at radius 1 is 1.16 bits per heavy atom. The molecular weight excluding hydrogens is 330 g/mol. The van der Waals surface area contributed by atoms with Crippen LogP contribution in [-0.4, -0.2) is 28.5 Å². The fourth-order valence-electron chi connectivity index (χ4n) is 2.87. The summed E-state index contributed by atoms with van der Waals surface area (Å²) in [5.74, 6) is -2.10. The normalized spacial score (nSPS) is 21.4. The van der Waals surface area contributed by atoms with Crippen LogP contribution in [0.3, 0.4) is 0 Å². The van der Waals surface area contributed by atoms with Gasteiger partial charge in [0.1, 0.15) is 23.3 Å². The van der Waals surface area contributed by atoms with E-state index in [-0.39, 0.29) is 5.56 Å². The second kappa shape index (κ2) is 6.25. The number of halogens is 2. The third-order valence-electron chi connectivity index (χ3n) is 4.30. The molecule has 1 heterocycles. The van der Waals surface area contributed by atoms with Crippen LogP contribution in [0.5, 0.6) is 0 Å². The average Bonchev–Trinajstić information content (AvgIpc) is 2.82. The van der Waals surface area contributed by atoms with Crippen molar-refractivity contribution in [2.24, 2.45) is 0 Å². The van der Waals surface area contributed by atoms with Crippen molar-refractivity contribution < 1.29 is 23.5 Å². The number of carbonyl (C=O) groups excluding carboxylic acids is 2. The number of hydrogen-bond acceptors (Lipinski definition) is 3. The minimum atomic E-state index is -1.54. The Morgan fingerprint density at radius 2 is 1.84 bits per heavy atom. The topological polar surface area (TPSA) is 69.6 Å². The molecule has 0 unspecified atom stereocenters. The molecule has 2 N–H and O–H groups in total. The molecule has 2 aromatic rings. The first-order chi connectivity index (χ1) is 11.8. The summed E-state index contributed by atoms with van der Waals surface area (Å²) in [6.45, 7) is 1.07. The number of urea groups is 1. The summed E-state index contributed by atoms with van der Waals surface area (Å²) in [6, 6.07) is 10.6. The summed E-state index contributed by atoms with van der Waals surface area (Å²) < 4.78 is 27.1. The first-order valence-electron chi connectivity index (χ1n) is 7.65. The van der Waals surface area contributed by atoms with Gasteiger partial charge in [-0.1, -0.05) is 30.3 Å². The fourth-order valence-corrected chi connectivity index (χ4v) is 2.87. The highest BCUT2D eigenvalue weighted by molar-refractivity contribution is 6.07. The van der Waals surface area contributed by atoms with E-state index in [9.17, 15) is 23.5 Å². The standard InChI is InChI=1S/C18H16F2N2O3/c1-18(11-5-3-2-4-6-11)16(24)22(17(25)21-18)10-15(23)13-9-12(19)7-8-14(13)20/h2-9,15,23H,10H2,1H3,(H,21,25)/t15-,18+/m1/s1. The zero-order valence-electron chi connectivity index (χ0n) is 13.4. The van der Waals surface area contributed by atoms with E-state index < -0.39 is 41.8 Å². The number of nitrogens with zero attached hydrogens (tertiary/aromatic N) is 1. The van der Waals surface area contributed by atoms with Crippen molar-refractivity contribution in [3.8, 4) is 0 Å². The molecule has 0 aromatic heterocycles. The average molecular weight is 346 g/mol. The van der Waals surface area contributed by atoms with Gasteiger partial charge in [-0.2, -0.15) is 0 Å². The van der Waals surface area contributed by atoms with Gasteiger partial charge in [0.15, 0.2) is 0 Å². The Labute approximate surface area is 142 Å². The molecule has 0 saturated carbocycles. The molecule has 7 heteroatoms. The van der Waals surface area contributed by atoms with Gasteiger partial charge in [-0.3, -0.25) is 9.69 Å². The molecule has 0 bridgehead atoms. The van der Waals surface area contributed by atoms with Crippen molar-refractivity contribution in [1.29, 1.82) is 0 Å². The second-order valence-corrected chi connectivity index (χ2v) is 6.02. The van der Waals surface area contributed by atoms with Gasteiger partial charge in [0.25, 0.3) is 5.91 Å². The first kappa shape index (κ1) is 17.0. The summed E-state index contributed by atoms with van der Waals surface area (Å²) in [5.41, 5.74) is -1.00. The maximum Gasteiger partial charge on any atom is 0.325 e.